The van der Waals surface area contributed by atoms with Crippen LogP contribution in [0, 0.1) is 5.92 Å². The van der Waals surface area contributed by atoms with Gasteiger partial charge in [0.2, 0.25) is 0 Å². The molecule has 1 aliphatic carbocycles. The average Bonchev–Trinajstić information content (AvgIpc) is 2.57. The number of nitrogens with zero attached hydrogens (tertiary/aromatic N) is 1. The molecule has 1 saturated carbocycles. The van der Waals surface area contributed by atoms with Crippen LogP contribution in [0.2, 0.25) is 0 Å². The van der Waals surface area contributed by atoms with Crippen LogP contribution in [0.1, 0.15) is 32.6 Å². The third-order valence-corrected chi connectivity index (χ3v) is 3.80. The Kier molecular flexibility index (Phi) is 3.10. The normalized spacial score (nSPS) is 45.6. The topological polar surface area (TPSA) is 43.7 Å². The van der Waals surface area contributed by atoms with Crippen molar-refractivity contribution in [3.63, 3.8) is 0 Å². The number of hydrogen-bond acceptors (Lipinski definition) is 3. The third kappa shape index (κ3) is 1.95. The van der Waals surface area contributed by atoms with Gasteiger partial charge in [-0.05, 0) is 31.6 Å². The van der Waals surface area contributed by atoms with Gasteiger partial charge in [0.15, 0.2) is 0 Å². The van der Waals surface area contributed by atoms with Gasteiger partial charge in [0.1, 0.15) is 0 Å². The molecule has 2 aliphatic rings. The molecule has 0 aromatic carbocycles. The molecule has 2 N–H and O–H groups in total. The van der Waals surface area contributed by atoms with E-state index in [1.807, 2.05) is 0 Å². The second-order valence-corrected chi connectivity index (χ2v) is 4.89. The van der Waals surface area contributed by atoms with Crippen LogP contribution in [0.15, 0.2) is 0 Å². The molecular formula is C11H21NO2. The Balaban J connectivity index is 1.92. The van der Waals surface area contributed by atoms with E-state index < -0.39 is 0 Å². The predicted octanol–water partition coefficient (Wildman–Crippen LogP) is 0.602. The fourth-order valence-electron chi connectivity index (χ4n) is 2.81. The van der Waals surface area contributed by atoms with Gasteiger partial charge < -0.3 is 10.2 Å². The highest BCUT2D eigenvalue weighted by atomic mass is 16.3. The molecular weight excluding hydrogens is 178 g/mol. The quantitative estimate of drug-likeness (QED) is 0.650. The zero-order valence-corrected chi connectivity index (χ0v) is 8.89. The highest BCUT2D eigenvalue weighted by Crippen LogP contribution is 2.28. The van der Waals surface area contributed by atoms with Crippen molar-refractivity contribution >= 4 is 0 Å². The molecule has 1 heterocycles. The van der Waals surface area contributed by atoms with Crippen LogP contribution in [0.4, 0.5) is 0 Å². The Bertz CT molecular complexity index is 198. The van der Waals surface area contributed by atoms with Crippen molar-refractivity contribution in [2.45, 2.75) is 50.9 Å². The summed E-state index contributed by atoms with van der Waals surface area (Å²) < 4.78 is 0. The molecule has 3 heteroatoms. The number of aliphatic hydroxyl groups is 2. The lowest BCUT2D eigenvalue weighted by Crippen LogP contribution is -2.49. The fraction of sp³-hybridized carbons (Fsp3) is 1.00. The van der Waals surface area contributed by atoms with Crippen LogP contribution in [0.3, 0.4) is 0 Å². The SMILES string of the molecule is CC1CN([C@H]2CCC[C@@H]2O)CCC1O. The minimum Gasteiger partial charge on any atom is -0.393 e. The van der Waals surface area contributed by atoms with Crippen molar-refractivity contribution in [3.05, 3.63) is 0 Å². The third-order valence-electron chi connectivity index (χ3n) is 3.80. The second kappa shape index (κ2) is 4.17. The van der Waals surface area contributed by atoms with E-state index >= 15 is 0 Å². The smallest absolute Gasteiger partial charge is 0.0695 e. The molecule has 0 spiro atoms. The van der Waals surface area contributed by atoms with E-state index in [2.05, 4.69) is 11.8 Å². The Morgan fingerprint density at radius 2 is 1.86 bits per heavy atom. The van der Waals surface area contributed by atoms with Crippen molar-refractivity contribution in [1.29, 1.82) is 0 Å². The summed E-state index contributed by atoms with van der Waals surface area (Å²) in [6.45, 7) is 3.99. The van der Waals surface area contributed by atoms with Crippen LogP contribution in [-0.2, 0) is 0 Å². The van der Waals surface area contributed by atoms with E-state index in [1.165, 1.54) is 0 Å². The van der Waals surface area contributed by atoms with Gasteiger partial charge in [-0.25, -0.2) is 0 Å². The summed E-state index contributed by atoms with van der Waals surface area (Å²) in [6, 6.07) is 0.366. The van der Waals surface area contributed by atoms with Crippen molar-refractivity contribution in [1.82, 2.24) is 4.90 Å². The van der Waals surface area contributed by atoms with Gasteiger partial charge in [-0.2, -0.15) is 0 Å². The summed E-state index contributed by atoms with van der Waals surface area (Å²) in [5.74, 6) is 0.358. The van der Waals surface area contributed by atoms with Crippen LogP contribution >= 0.6 is 0 Å². The molecule has 1 saturated heterocycles. The maximum atomic E-state index is 9.79. The maximum absolute atomic E-state index is 9.79. The summed E-state index contributed by atoms with van der Waals surface area (Å²) in [4.78, 5) is 2.37. The van der Waals surface area contributed by atoms with Crippen molar-refractivity contribution in [3.8, 4) is 0 Å². The lowest BCUT2D eigenvalue weighted by molar-refractivity contribution is -0.00886. The zero-order valence-electron chi connectivity index (χ0n) is 8.89. The number of likely N-dealkylation sites (tertiary alicyclic amines) is 1. The highest BCUT2D eigenvalue weighted by molar-refractivity contribution is 4.89. The van der Waals surface area contributed by atoms with Gasteiger partial charge in [0.25, 0.3) is 0 Å². The lowest BCUT2D eigenvalue weighted by atomic mass is 9.95. The molecule has 2 rings (SSSR count). The molecule has 2 fully saturated rings. The fourth-order valence-corrected chi connectivity index (χ4v) is 2.81. The van der Waals surface area contributed by atoms with Gasteiger partial charge >= 0.3 is 0 Å². The molecule has 2 unspecified atom stereocenters. The molecule has 0 radical (unpaired) electrons. The first-order chi connectivity index (χ1) is 6.68. The minimum absolute atomic E-state index is 0.127. The van der Waals surface area contributed by atoms with Gasteiger partial charge in [-0.1, -0.05) is 6.92 Å². The summed E-state index contributed by atoms with van der Waals surface area (Å²) in [7, 11) is 0. The standard InChI is InChI=1S/C11H21NO2/c1-8-7-12(6-5-10(8)13)9-3-2-4-11(9)14/h8-11,13-14H,2-7H2,1H3/t8?,9-,10?,11-/m0/s1. The molecule has 14 heavy (non-hydrogen) atoms. The number of rotatable bonds is 1. The van der Waals surface area contributed by atoms with Gasteiger partial charge in [-0.3, -0.25) is 4.90 Å². The molecule has 3 nitrogen and oxygen atoms in total. The van der Waals surface area contributed by atoms with Gasteiger partial charge in [0, 0.05) is 19.1 Å². The maximum Gasteiger partial charge on any atom is 0.0695 e. The van der Waals surface area contributed by atoms with Gasteiger partial charge in [0.05, 0.1) is 12.2 Å². The number of hydrogen-bond donors (Lipinski definition) is 2. The van der Waals surface area contributed by atoms with E-state index in [1.54, 1.807) is 0 Å². The second-order valence-electron chi connectivity index (χ2n) is 4.89. The van der Waals surface area contributed by atoms with E-state index in [-0.39, 0.29) is 12.2 Å². The molecule has 0 amide bonds. The first-order valence-electron chi connectivity index (χ1n) is 5.78. The highest BCUT2D eigenvalue weighted by Gasteiger charge is 2.34. The monoisotopic (exact) mass is 199 g/mol. The summed E-state index contributed by atoms with van der Waals surface area (Å²) in [5, 5.41) is 19.4. The zero-order chi connectivity index (χ0) is 10.1. The molecule has 4 atom stereocenters. The number of aliphatic hydroxyl groups excluding tert-OH is 2. The summed E-state index contributed by atoms with van der Waals surface area (Å²) in [6.07, 6.45) is 3.84. The molecule has 82 valence electrons. The van der Waals surface area contributed by atoms with E-state index in [0.29, 0.717) is 12.0 Å². The van der Waals surface area contributed by atoms with Crippen LogP contribution in [0.5, 0.6) is 0 Å². The van der Waals surface area contributed by atoms with E-state index in [0.717, 1.165) is 38.8 Å². The van der Waals surface area contributed by atoms with Crippen molar-refractivity contribution in [2.75, 3.05) is 13.1 Å². The van der Waals surface area contributed by atoms with E-state index in [4.69, 9.17) is 0 Å². The average molecular weight is 199 g/mol. The Hall–Kier alpha value is -0.120. The molecule has 0 aromatic rings. The first-order valence-corrected chi connectivity index (χ1v) is 5.78. The number of piperidine rings is 1. The van der Waals surface area contributed by atoms with E-state index in [9.17, 15) is 10.2 Å². The van der Waals surface area contributed by atoms with Crippen molar-refractivity contribution in [2.24, 2.45) is 5.92 Å². The van der Waals surface area contributed by atoms with Gasteiger partial charge in [-0.15, -0.1) is 0 Å². The molecule has 0 aromatic heterocycles. The Labute approximate surface area is 85.7 Å². The summed E-state index contributed by atoms with van der Waals surface area (Å²) in [5.41, 5.74) is 0. The molecule has 0 bridgehead atoms. The lowest BCUT2D eigenvalue weighted by Gasteiger charge is -2.39. The summed E-state index contributed by atoms with van der Waals surface area (Å²) >= 11 is 0. The Morgan fingerprint density at radius 1 is 1.07 bits per heavy atom. The van der Waals surface area contributed by atoms with Crippen LogP contribution < -0.4 is 0 Å². The Morgan fingerprint density at radius 3 is 2.43 bits per heavy atom. The first kappa shape index (κ1) is 10.4. The van der Waals surface area contributed by atoms with Crippen LogP contribution in [0.25, 0.3) is 0 Å². The molecule has 1 aliphatic heterocycles. The largest absolute Gasteiger partial charge is 0.393 e. The van der Waals surface area contributed by atoms with Crippen molar-refractivity contribution < 1.29 is 10.2 Å². The predicted molar refractivity (Wildman–Crippen MR) is 55.0 cm³/mol. The van der Waals surface area contributed by atoms with Crippen LogP contribution in [-0.4, -0.2) is 46.5 Å². The minimum atomic E-state index is -0.134.